The maximum absolute atomic E-state index is 13.1. The van der Waals surface area contributed by atoms with Crippen molar-refractivity contribution < 1.29 is 9.59 Å². The molecule has 0 saturated carbocycles. The van der Waals surface area contributed by atoms with Gasteiger partial charge in [-0.25, -0.2) is 9.97 Å². The van der Waals surface area contributed by atoms with Gasteiger partial charge in [0.05, 0.1) is 11.7 Å². The molecule has 0 radical (unpaired) electrons. The Bertz CT molecular complexity index is 1120. The van der Waals surface area contributed by atoms with Crippen molar-refractivity contribution in [1.29, 1.82) is 0 Å². The van der Waals surface area contributed by atoms with Crippen LogP contribution < -0.4 is 10.6 Å². The van der Waals surface area contributed by atoms with Crippen LogP contribution in [0.5, 0.6) is 0 Å². The summed E-state index contributed by atoms with van der Waals surface area (Å²) in [6.45, 7) is 0.637. The Hall–Kier alpha value is -3.81. The summed E-state index contributed by atoms with van der Waals surface area (Å²) >= 11 is 0. The van der Waals surface area contributed by atoms with Crippen molar-refractivity contribution in [2.24, 2.45) is 0 Å². The number of likely N-dealkylation sites (tertiary alicyclic amines) is 1. The number of aromatic nitrogens is 3. The molecule has 162 valence electrons. The third-order valence-corrected chi connectivity index (χ3v) is 5.87. The number of carbonyl (C=O) groups is 2. The topological polar surface area (TPSA) is 100 Å². The minimum Gasteiger partial charge on any atom is -0.344 e. The fraction of sp³-hybridized carbons (Fsp3) is 0.292. The molecule has 3 aromatic rings. The second kappa shape index (κ2) is 8.74. The van der Waals surface area contributed by atoms with Gasteiger partial charge in [-0.1, -0.05) is 18.2 Å². The second-order valence-electron chi connectivity index (χ2n) is 8.08. The van der Waals surface area contributed by atoms with Crippen molar-refractivity contribution in [3.8, 4) is 11.3 Å². The lowest BCUT2D eigenvalue weighted by Crippen LogP contribution is -2.44. The van der Waals surface area contributed by atoms with Crippen LogP contribution in [0.4, 0.5) is 11.5 Å². The van der Waals surface area contributed by atoms with Gasteiger partial charge in [0, 0.05) is 42.7 Å². The number of hydrogen-bond donors (Lipinski definition) is 2. The highest BCUT2D eigenvalue weighted by molar-refractivity contribution is 5.91. The molecule has 8 nitrogen and oxygen atoms in total. The monoisotopic (exact) mass is 428 g/mol. The van der Waals surface area contributed by atoms with Gasteiger partial charge in [-0.05, 0) is 43.5 Å². The Kier molecular flexibility index (Phi) is 5.49. The van der Waals surface area contributed by atoms with Gasteiger partial charge in [-0.2, -0.15) is 0 Å². The number of amides is 2. The molecule has 0 aliphatic carbocycles. The number of rotatable bonds is 5. The van der Waals surface area contributed by atoms with Crippen molar-refractivity contribution >= 4 is 23.3 Å². The largest absolute Gasteiger partial charge is 0.344 e. The molecule has 5 rings (SSSR count). The molecular weight excluding hydrogens is 404 g/mol. The van der Waals surface area contributed by atoms with Crippen LogP contribution in [0.1, 0.15) is 37.5 Å². The average molecular weight is 428 g/mol. The number of nitrogens with zero attached hydrogens (tertiary/aromatic N) is 4. The number of para-hydroxylation sites is 1. The van der Waals surface area contributed by atoms with E-state index in [2.05, 4.69) is 15.6 Å². The molecule has 2 unspecified atom stereocenters. The van der Waals surface area contributed by atoms with Crippen molar-refractivity contribution in [1.82, 2.24) is 25.2 Å². The summed E-state index contributed by atoms with van der Waals surface area (Å²) in [5.74, 6) is 1.14. The predicted octanol–water partition coefficient (Wildman–Crippen LogP) is 3.22. The van der Waals surface area contributed by atoms with Crippen LogP contribution in [0.25, 0.3) is 11.3 Å². The second-order valence-corrected chi connectivity index (χ2v) is 8.08. The van der Waals surface area contributed by atoms with Crippen LogP contribution in [-0.4, -0.2) is 44.3 Å². The highest BCUT2D eigenvalue weighted by Gasteiger charge is 2.38. The number of hydrogen-bond acceptors (Lipinski definition) is 6. The van der Waals surface area contributed by atoms with Gasteiger partial charge in [-0.15, -0.1) is 0 Å². The first-order valence-corrected chi connectivity index (χ1v) is 10.9. The zero-order valence-electron chi connectivity index (χ0n) is 17.6. The van der Waals surface area contributed by atoms with Crippen LogP contribution in [0.2, 0.25) is 0 Å². The van der Waals surface area contributed by atoms with Crippen molar-refractivity contribution in [3.63, 3.8) is 0 Å². The minimum atomic E-state index is -0.452. The summed E-state index contributed by atoms with van der Waals surface area (Å²) < 4.78 is 0. The fourth-order valence-corrected chi connectivity index (χ4v) is 4.31. The van der Waals surface area contributed by atoms with Crippen molar-refractivity contribution in [2.45, 2.75) is 37.8 Å². The molecule has 0 spiro atoms. The number of anilines is 2. The van der Waals surface area contributed by atoms with Crippen LogP contribution in [-0.2, 0) is 9.59 Å². The molecule has 1 aromatic carbocycles. The van der Waals surface area contributed by atoms with E-state index in [1.807, 2.05) is 53.4 Å². The van der Waals surface area contributed by atoms with Gasteiger partial charge < -0.3 is 15.5 Å². The first-order valence-electron chi connectivity index (χ1n) is 10.9. The number of benzene rings is 1. The summed E-state index contributed by atoms with van der Waals surface area (Å²) in [5, 5.41) is 6.14. The lowest BCUT2D eigenvalue weighted by molar-refractivity contribution is -0.135. The summed E-state index contributed by atoms with van der Waals surface area (Å²) in [6, 6.07) is 14.9. The molecule has 2 aliphatic rings. The highest BCUT2D eigenvalue weighted by atomic mass is 16.2. The van der Waals surface area contributed by atoms with E-state index in [1.54, 1.807) is 12.4 Å². The Labute approximate surface area is 186 Å². The van der Waals surface area contributed by atoms with E-state index in [4.69, 9.17) is 9.97 Å². The third-order valence-electron chi connectivity index (χ3n) is 5.87. The van der Waals surface area contributed by atoms with Gasteiger partial charge >= 0.3 is 0 Å². The average Bonchev–Trinajstić information content (AvgIpc) is 3.49. The standard InChI is InChI=1S/C24H24N6O2/c31-22-11-10-18(27-22)24(32)30-13-5-9-20(30)23-28-19(16-6-4-12-25-15-16)14-21(29-23)26-17-7-2-1-3-8-17/h1-4,6-8,12,14-15,18,20H,5,9-11,13H2,(H,27,31)(H,26,28,29). The normalized spacial score (nSPS) is 20.2. The van der Waals surface area contributed by atoms with E-state index in [1.165, 1.54) is 0 Å². The van der Waals surface area contributed by atoms with Crippen LogP contribution >= 0.6 is 0 Å². The van der Waals surface area contributed by atoms with Crippen LogP contribution in [0.15, 0.2) is 60.9 Å². The van der Waals surface area contributed by atoms with E-state index >= 15 is 0 Å². The highest BCUT2D eigenvalue weighted by Crippen LogP contribution is 2.33. The Morgan fingerprint density at radius 1 is 1.09 bits per heavy atom. The SMILES string of the molecule is O=C1CCC(C(=O)N2CCCC2c2nc(Nc3ccccc3)cc(-c3cccnc3)n2)N1. The maximum atomic E-state index is 13.1. The number of carbonyl (C=O) groups excluding carboxylic acids is 2. The molecule has 2 saturated heterocycles. The van der Waals surface area contributed by atoms with E-state index < -0.39 is 6.04 Å². The molecule has 2 aliphatic heterocycles. The Balaban J connectivity index is 1.49. The summed E-state index contributed by atoms with van der Waals surface area (Å²) in [6.07, 6.45) is 6.09. The molecule has 0 bridgehead atoms. The van der Waals surface area contributed by atoms with E-state index in [0.717, 1.165) is 29.8 Å². The molecule has 8 heteroatoms. The summed E-state index contributed by atoms with van der Waals surface area (Å²) in [5.41, 5.74) is 2.54. The van der Waals surface area contributed by atoms with Crippen LogP contribution in [0.3, 0.4) is 0 Å². The maximum Gasteiger partial charge on any atom is 0.245 e. The van der Waals surface area contributed by atoms with Gasteiger partial charge in [0.1, 0.15) is 11.9 Å². The summed E-state index contributed by atoms with van der Waals surface area (Å²) in [7, 11) is 0. The van der Waals surface area contributed by atoms with Gasteiger partial charge in [0.15, 0.2) is 5.82 Å². The zero-order valence-corrected chi connectivity index (χ0v) is 17.6. The first kappa shape index (κ1) is 20.1. The molecule has 32 heavy (non-hydrogen) atoms. The van der Waals surface area contributed by atoms with E-state index in [9.17, 15) is 9.59 Å². The molecule has 4 heterocycles. The van der Waals surface area contributed by atoms with E-state index in [-0.39, 0.29) is 17.9 Å². The lowest BCUT2D eigenvalue weighted by atomic mass is 10.1. The number of pyridine rings is 1. The molecular formula is C24H24N6O2. The van der Waals surface area contributed by atoms with Gasteiger partial charge in [0.25, 0.3) is 0 Å². The van der Waals surface area contributed by atoms with Crippen LogP contribution in [0, 0.1) is 0 Å². The molecule has 2 amide bonds. The molecule has 2 atom stereocenters. The molecule has 2 N–H and O–H groups in total. The quantitative estimate of drug-likeness (QED) is 0.647. The lowest BCUT2D eigenvalue weighted by Gasteiger charge is -2.27. The minimum absolute atomic E-state index is 0.0497. The van der Waals surface area contributed by atoms with Gasteiger partial charge in [0.2, 0.25) is 11.8 Å². The predicted molar refractivity (Wildman–Crippen MR) is 120 cm³/mol. The van der Waals surface area contributed by atoms with Crippen molar-refractivity contribution in [3.05, 3.63) is 66.7 Å². The first-order chi connectivity index (χ1) is 15.7. The van der Waals surface area contributed by atoms with Gasteiger partial charge in [-0.3, -0.25) is 14.6 Å². The Morgan fingerprint density at radius 3 is 2.72 bits per heavy atom. The molecule has 2 fully saturated rings. The fourth-order valence-electron chi connectivity index (χ4n) is 4.31. The smallest absolute Gasteiger partial charge is 0.245 e. The summed E-state index contributed by atoms with van der Waals surface area (Å²) in [4.78, 5) is 40.4. The third kappa shape index (κ3) is 4.16. The number of nitrogens with one attached hydrogen (secondary N) is 2. The molecule has 2 aromatic heterocycles. The van der Waals surface area contributed by atoms with E-state index in [0.29, 0.717) is 31.0 Å². The van der Waals surface area contributed by atoms with Crippen molar-refractivity contribution in [2.75, 3.05) is 11.9 Å². The zero-order chi connectivity index (χ0) is 21.9. The Morgan fingerprint density at radius 2 is 1.97 bits per heavy atom.